The van der Waals surface area contributed by atoms with Gasteiger partial charge in [-0.1, -0.05) is 12.1 Å². The van der Waals surface area contributed by atoms with Crippen molar-refractivity contribution in [2.75, 3.05) is 40.3 Å². The Morgan fingerprint density at radius 1 is 1.29 bits per heavy atom. The van der Waals surface area contributed by atoms with Crippen LogP contribution in [0.15, 0.2) is 24.3 Å². The quantitative estimate of drug-likeness (QED) is 0.743. The fourth-order valence-electron chi connectivity index (χ4n) is 3.00. The zero-order chi connectivity index (χ0) is 15.1. The first-order valence-corrected chi connectivity index (χ1v) is 7.99. The van der Waals surface area contributed by atoms with Crippen LogP contribution in [-0.4, -0.2) is 56.2 Å². The van der Waals surface area contributed by atoms with Crippen molar-refractivity contribution in [2.24, 2.45) is 5.73 Å². The van der Waals surface area contributed by atoms with E-state index in [1.165, 1.54) is 25.9 Å². The van der Waals surface area contributed by atoms with Crippen molar-refractivity contribution in [3.05, 3.63) is 29.8 Å². The average Bonchev–Trinajstić information content (AvgIpc) is 2.91. The molecule has 1 aromatic carbocycles. The van der Waals surface area contributed by atoms with Crippen LogP contribution in [0.5, 0.6) is 5.75 Å². The minimum absolute atomic E-state index is 0.586. The van der Waals surface area contributed by atoms with E-state index < -0.39 is 0 Å². The summed E-state index contributed by atoms with van der Waals surface area (Å²) < 4.78 is 5.80. The van der Waals surface area contributed by atoms with Crippen molar-refractivity contribution in [1.82, 2.24) is 9.80 Å². The molecule has 0 spiro atoms. The number of hydrogen-bond acceptors (Lipinski definition) is 4. The predicted molar refractivity (Wildman–Crippen MR) is 87.6 cm³/mol. The maximum Gasteiger partial charge on any atom is 0.119 e. The number of likely N-dealkylation sites (N-methyl/N-ethyl adjacent to an activating group) is 1. The summed E-state index contributed by atoms with van der Waals surface area (Å²) in [5, 5.41) is 0. The summed E-state index contributed by atoms with van der Waals surface area (Å²) in [6.45, 7) is 4.92. The third-order valence-corrected chi connectivity index (χ3v) is 4.09. The molecule has 0 bridgehead atoms. The van der Waals surface area contributed by atoms with Crippen LogP contribution in [0, 0.1) is 0 Å². The van der Waals surface area contributed by atoms with E-state index in [0.29, 0.717) is 6.54 Å². The van der Waals surface area contributed by atoms with Crippen LogP contribution in [0.4, 0.5) is 0 Å². The molecule has 1 aromatic rings. The number of ether oxygens (including phenoxy) is 1. The van der Waals surface area contributed by atoms with Crippen molar-refractivity contribution < 1.29 is 4.74 Å². The van der Waals surface area contributed by atoms with E-state index >= 15 is 0 Å². The largest absolute Gasteiger partial charge is 0.494 e. The fraction of sp³-hybridized carbons (Fsp3) is 0.647. The van der Waals surface area contributed by atoms with Gasteiger partial charge in [0, 0.05) is 25.7 Å². The second kappa shape index (κ2) is 8.37. The van der Waals surface area contributed by atoms with Gasteiger partial charge in [0.25, 0.3) is 0 Å². The first kappa shape index (κ1) is 16.3. The molecule has 1 unspecified atom stereocenters. The number of nitrogens with two attached hydrogens (primary N) is 1. The molecule has 0 aliphatic carbocycles. The van der Waals surface area contributed by atoms with Gasteiger partial charge in [0.2, 0.25) is 0 Å². The summed E-state index contributed by atoms with van der Waals surface area (Å²) in [6, 6.07) is 8.80. The molecule has 1 aliphatic rings. The van der Waals surface area contributed by atoms with Gasteiger partial charge in [-0.15, -0.1) is 0 Å². The molecule has 0 aromatic heterocycles. The van der Waals surface area contributed by atoms with Crippen molar-refractivity contribution in [2.45, 2.75) is 31.8 Å². The lowest BCUT2D eigenvalue weighted by molar-refractivity contribution is 0.191. The van der Waals surface area contributed by atoms with E-state index in [4.69, 9.17) is 10.5 Å². The monoisotopic (exact) mass is 291 g/mol. The zero-order valence-electron chi connectivity index (χ0n) is 13.4. The zero-order valence-corrected chi connectivity index (χ0v) is 13.4. The number of likely N-dealkylation sites (tertiary alicyclic amines) is 1. The second-order valence-electron chi connectivity index (χ2n) is 6.14. The maximum atomic E-state index is 5.80. The molecule has 2 N–H and O–H groups in total. The van der Waals surface area contributed by atoms with Gasteiger partial charge in [-0.05, 0) is 57.6 Å². The first-order valence-electron chi connectivity index (χ1n) is 7.99. The Labute approximate surface area is 128 Å². The lowest BCUT2D eigenvalue weighted by atomic mass is 10.2. The molecule has 4 nitrogen and oxygen atoms in total. The highest BCUT2D eigenvalue weighted by Gasteiger charge is 2.24. The number of nitrogens with zero attached hydrogens (tertiary/aromatic N) is 2. The molecule has 2 rings (SSSR count). The van der Waals surface area contributed by atoms with Crippen LogP contribution in [0.3, 0.4) is 0 Å². The highest BCUT2D eigenvalue weighted by atomic mass is 16.5. The van der Waals surface area contributed by atoms with E-state index in [1.54, 1.807) is 0 Å². The molecule has 21 heavy (non-hydrogen) atoms. The third-order valence-electron chi connectivity index (χ3n) is 4.09. The van der Waals surface area contributed by atoms with Crippen molar-refractivity contribution in [3.63, 3.8) is 0 Å². The smallest absolute Gasteiger partial charge is 0.119 e. The highest BCUT2D eigenvalue weighted by Crippen LogP contribution is 2.18. The summed E-state index contributed by atoms with van der Waals surface area (Å²) in [4.78, 5) is 4.90. The summed E-state index contributed by atoms with van der Waals surface area (Å²) >= 11 is 0. The molecule has 0 amide bonds. The van der Waals surface area contributed by atoms with Gasteiger partial charge in [0.05, 0.1) is 6.61 Å². The van der Waals surface area contributed by atoms with Crippen LogP contribution >= 0.6 is 0 Å². The summed E-state index contributed by atoms with van der Waals surface area (Å²) in [5.74, 6) is 0.943. The van der Waals surface area contributed by atoms with Gasteiger partial charge in [0.1, 0.15) is 5.75 Å². The first-order chi connectivity index (χ1) is 10.2. The van der Waals surface area contributed by atoms with Crippen molar-refractivity contribution in [3.8, 4) is 5.75 Å². The Morgan fingerprint density at radius 2 is 2.05 bits per heavy atom. The summed E-state index contributed by atoms with van der Waals surface area (Å²) in [5.41, 5.74) is 6.73. The van der Waals surface area contributed by atoms with Gasteiger partial charge in [-0.3, -0.25) is 4.90 Å². The number of benzene rings is 1. The normalized spacial score (nSPS) is 19.3. The number of rotatable bonds is 8. The van der Waals surface area contributed by atoms with Crippen LogP contribution in [0.1, 0.15) is 24.8 Å². The van der Waals surface area contributed by atoms with E-state index in [2.05, 4.69) is 23.9 Å². The molecule has 1 aliphatic heterocycles. The molecule has 1 saturated heterocycles. The van der Waals surface area contributed by atoms with E-state index in [9.17, 15) is 0 Å². The van der Waals surface area contributed by atoms with Gasteiger partial charge in [-0.2, -0.15) is 0 Å². The van der Waals surface area contributed by atoms with E-state index in [1.807, 2.05) is 24.3 Å². The molecule has 1 heterocycles. The molecule has 1 fully saturated rings. The molecular formula is C17H29N3O. The fourth-order valence-corrected chi connectivity index (χ4v) is 3.00. The molecule has 0 saturated carbocycles. The molecule has 4 heteroatoms. The minimum atomic E-state index is 0.586. The van der Waals surface area contributed by atoms with Crippen LogP contribution < -0.4 is 10.5 Å². The van der Waals surface area contributed by atoms with Crippen molar-refractivity contribution >= 4 is 0 Å². The van der Waals surface area contributed by atoms with Gasteiger partial charge in [-0.25, -0.2) is 0 Å². The third kappa shape index (κ3) is 5.30. The van der Waals surface area contributed by atoms with Gasteiger partial charge >= 0.3 is 0 Å². The van der Waals surface area contributed by atoms with Gasteiger partial charge in [0.15, 0.2) is 0 Å². The standard InChI is InChI=1S/C17H29N3O/c1-19(2)14-16-5-3-10-20(16)11-4-12-21-17-8-6-15(13-18)7-9-17/h6-9,16H,3-5,10-14,18H2,1-2H3. The van der Waals surface area contributed by atoms with E-state index in [0.717, 1.165) is 36.9 Å². The molecule has 118 valence electrons. The highest BCUT2D eigenvalue weighted by molar-refractivity contribution is 5.26. The SMILES string of the molecule is CN(C)CC1CCCN1CCCOc1ccc(CN)cc1. The van der Waals surface area contributed by atoms with Crippen LogP contribution in [0.2, 0.25) is 0 Å². The lowest BCUT2D eigenvalue weighted by Crippen LogP contribution is -2.38. The lowest BCUT2D eigenvalue weighted by Gasteiger charge is -2.26. The topological polar surface area (TPSA) is 41.7 Å². The second-order valence-corrected chi connectivity index (χ2v) is 6.14. The van der Waals surface area contributed by atoms with Gasteiger partial charge < -0.3 is 15.4 Å². The number of hydrogen-bond donors (Lipinski definition) is 1. The predicted octanol–water partition coefficient (Wildman–Crippen LogP) is 1.94. The Morgan fingerprint density at radius 3 is 2.71 bits per heavy atom. The molecular weight excluding hydrogens is 262 g/mol. The average molecular weight is 291 g/mol. The summed E-state index contributed by atoms with van der Waals surface area (Å²) in [7, 11) is 4.31. The van der Waals surface area contributed by atoms with Crippen LogP contribution in [0.25, 0.3) is 0 Å². The Hall–Kier alpha value is -1.10. The van der Waals surface area contributed by atoms with Crippen LogP contribution in [-0.2, 0) is 6.54 Å². The Bertz CT molecular complexity index is 405. The summed E-state index contributed by atoms with van der Waals surface area (Å²) in [6.07, 6.45) is 3.75. The Kier molecular flexibility index (Phi) is 6.49. The van der Waals surface area contributed by atoms with E-state index in [-0.39, 0.29) is 0 Å². The Balaban J connectivity index is 1.66. The molecule has 0 radical (unpaired) electrons. The minimum Gasteiger partial charge on any atom is -0.494 e. The maximum absolute atomic E-state index is 5.80. The molecule has 1 atom stereocenters. The van der Waals surface area contributed by atoms with Crippen molar-refractivity contribution in [1.29, 1.82) is 0 Å².